The lowest BCUT2D eigenvalue weighted by Gasteiger charge is -2.32. The van der Waals surface area contributed by atoms with E-state index < -0.39 is 7.12 Å². The minimum atomic E-state index is -0.432. The molecular weight excluding hydrogens is 315 g/mol. The minimum absolute atomic E-state index is 0.372. The summed E-state index contributed by atoms with van der Waals surface area (Å²) < 4.78 is 23.4. The smallest absolute Gasteiger partial charge is 0.493 e. The molecule has 4 nitrogen and oxygen atoms in total. The van der Waals surface area contributed by atoms with Crippen molar-refractivity contribution >= 4 is 12.6 Å². The number of allylic oxidation sites excluding steroid dienone is 2. The highest BCUT2D eigenvalue weighted by Crippen LogP contribution is 2.37. The normalized spacial score (nSPS) is 18.4. The van der Waals surface area contributed by atoms with Crippen molar-refractivity contribution in [3.8, 4) is 11.5 Å². The number of methoxy groups -OCH3 is 1. The van der Waals surface area contributed by atoms with Crippen LogP contribution in [0.4, 0.5) is 0 Å². The van der Waals surface area contributed by atoms with Gasteiger partial charge in [0.1, 0.15) is 6.61 Å². The van der Waals surface area contributed by atoms with E-state index in [1.54, 1.807) is 13.2 Å². The van der Waals surface area contributed by atoms with E-state index in [1.807, 2.05) is 58.0 Å². The molecule has 1 heterocycles. The average molecular weight is 342 g/mol. The molecule has 0 aromatic heterocycles. The van der Waals surface area contributed by atoms with Crippen LogP contribution in [0.15, 0.2) is 55.2 Å². The summed E-state index contributed by atoms with van der Waals surface area (Å²) in [5.41, 5.74) is 0.982. The van der Waals surface area contributed by atoms with Gasteiger partial charge in [-0.3, -0.25) is 0 Å². The molecule has 5 heteroatoms. The van der Waals surface area contributed by atoms with Crippen LogP contribution < -0.4 is 14.9 Å². The summed E-state index contributed by atoms with van der Waals surface area (Å²) in [7, 11) is 1.18. The van der Waals surface area contributed by atoms with Gasteiger partial charge in [0, 0.05) is 0 Å². The van der Waals surface area contributed by atoms with Gasteiger partial charge in [0.15, 0.2) is 11.5 Å². The summed E-state index contributed by atoms with van der Waals surface area (Å²) in [6.45, 7) is 16.1. The molecule has 25 heavy (non-hydrogen) atoms. The van der Waals surface area contributed by atoms with Crippen molar-refractivity contribution in [2.24, 2.45) is 0 Å². The summed E-state index contributed by atoms with van der Waals surface area (Å²) in [4.78, 5) is 0. The zero-order valence-electron chi connectivity index (χ0n) is 15.8. The monoisotopic (exact) mass is 342 g/mol. The van der Waals surface area contributed by atoms with Crippen LogP contribution in [0.25, 0.3) is 0 Å². The third kappa shape index (κ3) is 4.36. The lowest BCUT2D eigenvalue weighted by Crippen LogP contribution is -2.41. The molecule has 1 fully saturated rings. The minimum Gasteiger partial charge on any atom is -0.493 e. The van der Waals surface area contributed by atoms with Gasteiger partial charge in [-0.1, -0.05) is 37.5 Å². The first-order chi connectivity index (χ1) is 11.7. The Morgan fingerprint density at radius 1 is 1.16 bits per heavy atom. The van der Waals surface area contributed by atoms with Crippen LogP contribution in [-0.4, -0.2) is 32.0 Å². The van der Waals surface area contributed by atoms with Crippen molar-refractivity contribution in [2.45, 2.75) is 38.9 Å². The van der Waals surface area contributed by atoms with E-state index in [0.29, 0.717) is 18.1 Å². The van der Waals surface area contributed by atoms with Crippen molar-refractivity contribution in [3.05, 3.63) is 55.2 Å². The van der Waals surface area contributed by atoms with Crippen molar-refractivity contribution in [2.75, 3.05) is 13.7 Å². The van der Waals surface area contributed by atoms with Crippen molar-refractivity contribution < 1.29 is 18.8 Å². The lowest BCUT2D eigenvalue weighted by molar-refractivity contribution is 0.00578. The van der Waals surface area contributed by atoms with Gasteiger partial charge in [-0.05, 0) is 50.9 Å². The Hall–Kier alpha value is -1.98. The maximum atomic E-state index is 6.08. The van der Waals surface area contributed by atoms with Crippen LogP contribution in [0, 0.1) is 0 Å². The molecule has 1 aromatic carbocycles. The molecule has 0 radical (unpaired) electrons. The molecule has 1 aliphatic rings. The quantitative estimate of drug-likeness (QED) is 0.560. The van der Waals surface area contributed by atoms with E-state index in [1.165, 1.54) is 0 Å². The first-order valence-corrected chi connectivity index (χ1v) is 8.33. The number of hydrogen-bond acceptors (Lipinski definition) is 4. The first-order valence-electron chi connectivity index (χ1n) is 8.33. The Morgan fingerprint density at radius 2 is 1.80 bits per heavy atom. The molecule has 2 rings (SSSR count). The highest BCUT2D eigenvalue weighted by Gasteiger charge is 2.51. The summed E-state index contributed by atoms with van der Waals surface area (Å²) in [6, 6.07) is 5.69. The first kappa shape index (κ1) is 19.4. The Balaban J connectivity index is 2.13. The largest absolute Gasteiger partial charge is 0.494 e. The van der Waals surface area contributed by atoms with Crippen molar-refractivity contribution in [1.82, 2.24) is 0 Å². The standard InChI is InChI=1S/C20H27BO4/c1-8-9-10-15(2)14-23-17-12-11-16(13-18(17)22-7)21-24-19(3,4)20(5,6)25-21/h8-13H,1-2,14H2,3-7H3/b10-9-. The molecule has 0 saturated carbocycles. The second kappa shape index (κ2) is 7.50. The predicted molar refractivity (Wildman–Crippen MR) is 103 cm³/mol. The van der Waals surface area contributed by atoms with Gasteiger partial charge < -0.3 is 18.8 Å². The molecule has 0 aliphatic carbocycles. The van der Waals surface area contributed by atoms with Crippen LogP contribution >= 0.6 is 0 Å². The Morgan fingerprint density at radius 3 is 2.36 bits per heavy atom. The van der Waals surface area contributed by atoms with E-state index in [-0.39, 0.29) is 11.2 Å². The van der Waals surface area contributed by atoms with E-state index in [2.05, 4.69) is 13.2 Å². The van der Waals surface area contributed by atoms with Gasteiger partial charge in [-0.25, -0.2) is 0 Å². The third-order valence-corrected chi connectivity index (χ3v) is 4.59. The van der Waals surface area contributed by atoms with Gasteiger partial charge >= 0.3 is 7.12 Å². The molecule has 0 amide bonds. The molecule has 0 atom stereocenters. The van der Waals surface area contributed by atoms with Crippen molar-refractivity contribution in [3.63, 3.8) is 0 Å². The second-order valence-corrected chi connectivity index (χ2v) is 7.04. The maximum Gasteiger partial charge on any atom is 0.494 e. The highest BCUT2D eigenvalue weighted by molar-refractivity contribution is 6.62. The average Bonchev–Trinajstić information content (AvgIpc) is 2.78. The fraction of sp³-hybridized carbons (Fsp3) is 0.400. The van der Waals surface area contributed by atoms with Gasteiger partial charge in [0.05, 0.1) is 18.3 Å². The SMILES string of the molecule is C=C/C=C\C(=C)COc1ccc(B2OC(C)(C)C(C)(C)O2)cc1OC. The Kier molecular flexibility index (Phi) is 5.81. The molecule has 1 saturated heterocycles. The van der Waals surface area contributed by atoms with Crippen LogP contribution in [-0.2, 0) is 9.31 Å². The van der Waals surface area contributed by atoms with Gasteiger partial charge in [-0.15, -0.1) is 0 Å². The molecule has 134 valence electrons. The fourth-order valence-corrected chi connectivity index (χ4v) is 2.35. The molecular formula is C20H27BO4. The van der Waals surface area contributed by atoms with Crippen LogP contribution in [0.5, 0.6) is 11.5 Å². The summed E-state index contributed by atoms with van der Waals surface area (Å²) in [5, 5.41) is 0. The summed E-state index contributed by atoms with van der Waals surface area (Å²) in [5.74, 6) is 1.28. The number of rotatable bonds is 7. The van der Waals surface area contributed by atoms with Crippen LogP contribution in [0.1, 0.15) is 27.7 Å². The zero-order chi connectivity index (χ0) is 18.7. The summed E-state index contributed by atoms with van der Waals surface area (Å²) in [6.07, 6.45) is 5.38. The van der Waals surface area contributed by atoms with Gasteiger partial charge in [-0.2, -0.15) is 0 Å². The number of benzene rings is 1. The van der Waals surface area contributed by atoms with Gasteiger partial charge in [0.2, 0.25) is 0 Å². The second-order valence-electron chi connectivity index (χ2n) is 7.04. The predicted octanol–water partition coefficient (Wildman–Crippen LogP) is 3.67. The zero-order valence-corrected chi connectivity index (χ0v) is 15.8. The molecule has 1 aliphatic heterocycles. The Labute approximate surface area is 151 Å². The van der Waals surface area contributed by atoms with Crippen LogP contribution in [0.2, 0.25) is 0 Å². The molecule has 1 aromatic rings. The summed E-state index contributed by atoms with van der Waals surface area (Å²) >= 11 is 0. The molecule has 0 N–H and O–H groups in total. The maximum absolute atomic E-state index is 6.08. The molecule has 0 spiro atoms. The van der Waals surface area contributed by atoms with E-state index in [9.17, 15) is 0 Å². The number of hydrogen-bond donors (Lipinski definition) is 0. The van der Waals surface area contributed by atoms with E-state index >= 15 is 0 Å². The Bertz CT molecular complexity index is 660. The lowest BCUT2D eigenvalue weighted by atomic mass is 9.79. The van der Waals surface area contributed by atoms with Crippen molar-refractivity contribution in [1.29, 1.82) is 0 Å². The fourth-order valence-electron chi connectivity index (χ4n) is 2.35. The van der Waals surface area contributed by atoms with Crippen LogP contribution in [0.3, 0.4) is 0 Å². The van der Waals surface area contributed by atoms with E-state index in [0.717, 1.165) is 11.0 Å². The van der Waals surface area contributed by atoms with E-state index in [4.69, 9.17) is 18.8 Å². The third-order valence-electron chi connectivity index (χ3n) is 4.59. The highest BCUT2D eigenvalue weighted by atomic mass is 16.7. The van der Waals surface area contributed by atoms with Gasteiger partial charge in [0.25, 0.3) is 0 Å². The molecule has 0 bridgehead atoms. The molecule has 0 unspecified atom stereocenters. The topological polar surface area (TPSA) is 36.9 Å². The number of ether oxygens (including phenoxy) is 2.